The highest BCUT2D eigenvalue weighted by Gasteiger charge is 2.33. The first-order valence-corrected chi connectivity index (χ1v) is 9.47. The van der Waals surface area contributed by atoms with Gasteiger partial charge in [0.05, 0.1) is 18.7 Å². The molecule has 0 unspecified atom stereocenters. The zero-order chi connectivity index (χ0) is 24.1. The van der Waals surface area contributed by atoms with Gasteiger partial charge in [-0.1, -0.05) is 27.0 Å². The molecule has 0 saturated carbocycles. The van der Waals surface area contributed by atoms with E-state index in [9.17, 15) is 26.7 Å². The molecule has 1 aromatic heterocycles. The molecule has 2 aromatic rings. The maximum absolute atomic E-state index is 13.7. The fourth-order valence-corrected chi connectivity index (χ4v) is 2.66. The summed E-state index contributed by atoms with van der Waals surface area (Å²) in [5.41, 5.74) is -1.92. The third-order valence-corrected chi connectivity index (χ3v) is 4.10. The van der Waals surface area contributed by atoms with Crippen LogP contribution in [0.1, 0.15) is 25.0 Å². The molecular weight excluding hydrogens is 433 g/mol. The lowest BCUT2D eigenvalue weighted by atomic mass is 10.1. The molecule has 10 heteroatoms. The zero-order valence-corrected chi connectivity index (χ0v) is 17.5. The largest absolute Gasteiger partial charge is 0.493 e. The molecule has 2 rings (SSSR count). The van der Waals surface area contributed by atoms with E-state index in [1.165, 1.54) is 24.4 Å². The number of alkyl halides is 3. The van der Waals surface area contributed by atoms with Crippen LogP contribution in [-0.4, -0.2) is 22.3 Å². The Labute approximate surface area is 181 Å². The van der Waals surface area contributed by atoms with Crippen molar-refractivity contribution >= 4 is 11.7 Å². The SMILES string of the molecule is C=C/C(F)=C(\C(=C)F)C(=O)Nc1ccn(Cc2cc(OCC(C)C)ccc2C(F)(F)F)n1. The van der Waals surface area contributed by atoms with Crippen LogP contribution in [0.3, 0.4) is 0 Å². The van der Waals surface area contributed by atoms with E-state index in [1.54, 1.807) is 0 Å². The predicted octanol–water partition coefficient (Wildman–Crippen LogP) is 5.82. The number of hydrogen-bond acceptors (Lipinski definition) is 3. The second-order valence-corrected chi connectivity index (χ2v) is 7.21. The van der Waals surface area contributed by atoms with Gasteiger partial charge in [0.15, 0.2) is 5.82 Å². The van der Waals surface area contributed by atoms with E-state index >= 15 is 0 Å². The molecule has 0 saturated heterocycles. The molecule has 0 atom stereocenters. The van der Waals surface area contributed by atoms with Crippen molar-refractivity contribution in [2.75, 3.05) is 11.9 Å². The predicted molar refractivity (Wildman–Crippen MR) is 110 cm³/mol. The standard InChI is InChI=1S/C22H22F5N3O2/c1-5-18(24)20(14(4)23)21(31)28-19-8-9-30(29-19)11-15-10-16(32-12-13(2)3)6-7-17(15)22(25,26)27/h5-10,13H,1,4,11-12H2,2-3H3,(H,28,29,31)/b20-18-. The quantitative estimate of drug-likeness (QED) is 0.295. The van der Waals surface area contributed by atoms with Crippen LogP contribution in [-0.2, 0) is 17.5 Å². The summed E-state index contributed by atoms with van der Waals surface area (Å²) in [6.45, 7) is 9.88. The molecule has 1 aromatic carbocycles. The zero-order valence-electron chi connectivity index (χ0n) is 17.5. The lowest BCUT2D eigenvalue weighted by molar-refractivity contribution is -0.138. The van der Waals surface area contributed by atoms with Crippen LogP contribution in [0.15, 0.2) is 66.9 Å². The Morgan fingerprint density at radius 3 is 2.53 bits per heavy atom. The van der Waals surface area contributed by atoms with Crippen molar-refractivity contribution in [1.29, 1.82) is 0 Å². The van der Waals surface area contributed by atoms with Gasteiger partial charge in [0.25, 0.3) is 5.91 Å². The van der Waals surface area contributed by atoms with Gasteiger partial charge in [-0.15, -0.1) is 0 Å². The maximum atomic E-state index is 13.7. The summed E-state index contributed by atoms with van der Waals surface area (Å²) in [4.78, 5) is 12.1. The van der Waals surface area contributed by atoms with Gasteiger partial charge in [0, 0.05) is 12.3 Å². The van der Waals surface area contributed by atoms with Crippen molar-refractivity contribution in [1.82, 2.24) is 9.78 Å². The molecule has 172 valence electrons. The number of nitrogens with one attached hydrogen (secondary N) is 1. The monoisotopic (exact) mass is 455 g/mol. The normalized spacial score (nSPS) is 12.4. The molecular formula is C22H22F5N3O2. The Kier molecular flexibility index (Phi) is 7.96. The fourth-order valence-electron chi connectivity index (χ4n) is 2.66. The number of halogens is 5. The number of benzene rings is 1. The van der Waals surface area contributed by atoms with Crippen LogP contribution >= 0.6 is 0 Å². The summed E-state index contributed by atoms with van der Waals surface area (Å²) >= 11 is 0. The number of rotatable bonds is 9. The smallest absolute Gasteiger partial charge is 0.416 e. The third-order valence-electron chi connectivity index (χ3n) is 4.10. The average molecular weight is 455 g/mol. The summed E-state index contributed by atoms with van der Waals surface area (Å²) in [5, 5.41) is 6.12. The second kappa shape index (κ2) is 10.3. The highest BCUT2D eigenvalue weighted by atomic mass is 19.4. The Hall–Kier alpha value is -3.43. The lowest BCUT2D eigenvalue weighted by Crippen LogP contribution is -2.17. The molecule has 0 bridgehead atoms. The van der Waals surface area contributed by atoms with Gasteiger partial charge in [0.1, 0.15) is 23.0 Å². The minimum absolute atomic E-state index is 0.102. The first kappa shape index (κ1) is 24.8. The number of hydrogen-bond donors (Lipinski definition) is 1. The van der Waals surface area contributed by atoms with Crippen LogP contribution in [0.2, 0.25) is 0 Å². The van der Waals surface area contributed by atoms with E-state index in [1.807, 2.05) is 13.8 Å². The molecule has 1 amide bonds. The van der Waals surface area contributed by atoms with Crippen molar-refractivity contribution in [3.8, 4) is 5.75 Å². The first-order chi connectivity index (χ1) is 14.9. The number of carbonyl (C=O) groups is 1. The number of allylic oxidation sites excluding steroid dienone is 2. The molecule has 5 nitrogen and oxygen atoms in total. The van der Waals surface area contributed by atoms with Gasteiger partial charge in [-0.05, 0) is 35.8 Å². The summed E-state index contributed by atoms with van der Waals surface area (Å²) in [5.74, 6) is -3.36. The summed E-state index contributed by atoms with van der Waals surface area (Å²) in [6, 6.07) is 4.72. The molecule has 0 fully saturated rings. The fraction of sp³-hybridized carbons (Fsp3) is 0.273. The molecule has 1 N–H and O–H groups in total. The van der Waals surface area contributed by atoms with Crippen molar-refractivity contribution in [3.05, 3.63) is 78.0 Å². The number of anilines is 1. The number of nitrogens with zero attached hydrogens (tertiary/aromatic N) is 2. The number of amides is 1. The van der Waals surface area contributed by atoms with Crippen molar-refractivity contribution in [2.45, 2.75) is 26.6 Å². The van der Waals surface area contributed by atoms with Crippen LogP contribution < -0.4 is 10.1 Å². The topological polar surface area (TPSA) is 56.2 Å². The average Bonchev–Trinajstić information content (AvgIpc) is 3.11. The van der Waals surface area contributed by atoms with E-state index in [2.05, 4.69) is 23.6 Å². The molecule has 0 aliphatic carbocycles. The van der Waals surface area contributed by atoms with Gasteiger partial charge < -0.3 is 10.1 Å². The Balaban J connectivity index is 2.27. The minimum Gasteiger partial charge on any atom is -0.493 e. The van der Waals surface area contributed by atoms with E-state index in [0.717, 1.165) is 10.7 Å². The van der Waals surface area contributed by atoms with Gasteiger partial charge in [-0.2, -0.15) is 18.3 Å². The Morgan fingerprint density at radius 1 is 1.28 bits per heavy atom. The third kappa shape index (κ3) is 6.53. The molecule has 32 heavy (non-hydrogen) atoms. The first-order valence-electron chi connectivity index (χ1n) is 9.47. The molecule has 0 aliphatic heterocycles. The van der Waals surface area contributed by atoms with E-state index < -0.39 is 34.9 Å². The molecule has 0 aliphatic rings. The van der Waals surface area contributed by atoms with Gasteiger partial charge in [0.2, 0.25) is 0 Å². The number of ether oxygens (including phenoxy) is 1. The van der Waals surface area contributed by atoms with Crippen molar-refractivity contribution in [3.63, 3.8) is 0 Å². The van der Waals surface area contributed by atoms with Crippen LogP contribution in [0.25, 0.3) is 0 Å². The van der Waals surface area contributed by atoms with Crippen LogP contribution in [0, 0.1) is 5.92 Å². The summed E-state index contributed by atoms with van der Waals surface area (Å²) in [7, 11) is 0. The van der Waals surface area contributed by atoms with E-state index in [4.69, 9.17) is 4.74 Å². The molecule has 0 spiro atoms. The second-order valence-electron chi connectivity index (χ2n) is 7.21. The van der Waals surface area contributed by atoms with Gasteiger partial charge >= 0.3 is 6.18 Å². The van der Waals surface area contributed by atoms with E-state index in [0.29, 0.717) is 12.7 Å². The maximum Gasteiger partial charge on any atom is 0.416 e. The lowest BCUT2D eigenvalue weighted by Gasteiger charge is -2.16. The Morgan fingerprint density at radius 2 is 1.97 bits per heavy atom. The highest BCUT2D eigenvalue weighted by Crippen LogP contribution is 2.34. The summed E-state index contributed by atoms with van der Waals surface area (Å²) in [6.07, 6.45) is -2.64. The van der Waals surface area contributed by atoms with Gasteiger partial charge in [-0.3, -0.25) is 9.48 Å². The van der Waals surface area contributed by atoms with E-state index in [-0.39, 0.29) is 29.6 Å². The Bertz CT molecular complexity index is 1040. The summed E-state index contributed by atoms with van der Waals surface area (Å²) < 4.78 is 74.0. The van der Waals surface area contributed by atoms with Crippen LogP contribution in [0.5, 0.6) is 5.75 Å². The minimum atomic E-state index is -4.60. The number of carbonyl (C=O) groups excluding carboxylic acids is 1. The molecule has 1 heterocycles. The highest BCUT2D eigenvalue weighted by molar-refractivity contribution is 6.06. The molecule has 0 radical (unpaired) electrons. The number of aromatic nitrogens is 2. The van der Waals surface area contributed by atoms with Gasteiger partial charge in [-0.25, -0.2) is 8.78 Å². The van der Waals surface area contributed by atoms with Crippen molar-refractivity contribution in [2.24, 2.45) is 5.92 Å². The van der Waals surface area contributed by atoms with Crippen molar-refractivity contribution < 1.29 is 31.5 Å². The van der Waals surface area contributed by atoms with Crippen LogP contribution in [0.4, 0.5) is 27.8 Å².